The SMILES string of the molecule is C#CCCCCCCCOCc1cc(C(=O)NC2CC([C@@H]3CC[C@H](OC(=O)NC(C)C)C3)NN2)n(C)n1. The van der Waals surface area contributed by atoms with Crippen LogP contribution in [0.25, 0.3) is 0 Å². The van der Waals surface area contributed by atoms with Gasteiger partial charge in [0.2, 0.25) is 0 Å². The van der Waals surface area contributed by atoms with Crippen molar-refractivity contribution in [3.8, 4) is 12.3 Å². The summed E-state index contributed by atoms with van der Waals surface area (Å²) in [5.41, 5.74) is 7.76. The summed E-state index contributed by atoms with van der Waals surface area (Å²) >= 11 is 0. The highest BCUT2D eigenvalue weighted by Gasteiger charge is 2.37. The van der Waals surface area contributed by atoms with Crippen LogP contribution in [0.4, 0.5) is 4.79 Å². The molecule has 0 bridgehead atoms. The molecule has 0 spiro atoms. The normalized spacial score (nSPS) is 23.2. The molecule has 206 valence electrons. The predicted octanol–water partition coefficient (Wildman–Crippen LogP) is 3.14. The highest BCUT2D eigenvalue weighted by Crippen LogP contribution is 2.33. The van der Waals surface area contributed by atoms with Gasteiger partial charge in [-0.2, -0.15) is 5.10 Å². The summed E-state index contributed by atoms with van der Waals surface area (Å²) in [4.78, 5) is 24.8. The molecule has 4 N–H and O–H groups in total. The van der Waals surface area contributed by atoms with E-state index in [2.05, 4.69) is 32.5 Å². The minimum absolute atomic E-state index is 0.0581. The van der Waals surface area contributed by atoms with Crippen LogP contribution in [-0.4, -0.2) is 52.7 Å². The van der Waals surface area contributed by atoms with Crippen LogP contribution >= 0.6 is 0 Å². The first-order chi connectivity index (χ1) is 17.9. The van der Waals surface area contributed by atoms with Gasteiger partial charge in [-0.25, -0.2) is 10.2 Å². The molecule has 37 heavy (non-hydrogen) atoms. The molecule has 2 aliphatic rings. The number of rotatable bonds is 14. The number of carbonyl (C=O) groups is 2. The predicted molar refractivity (Wildman–Crippen MR) is 141 cm³/mol. The number of carbonyl (C=O) groups excluding carboxylic acids is 2. The van der Waals surface area contributed by atoms with E-state index in [4.69, 9.17) is 15.9 Å². The lowest BCUT2D eigenvalue weighted by molar-refractivity contribution is 0.0917. The summed E-state index contributed by atoms with van der Waals surface area (Å²) in [5.74, 6) is 2.88. The van der Waals surface area contributed by atoms with Gasteiger partial charge in [0, 0.05) is 32.2 Å². The number of nitrogens with one attached hydrogen (secondary N) is 4. The molecule has 1 aliphatic heterocycles. The topological polar surface area (TPSA) is 119 Å². The molecule has 10 heteroatoms. The molecular formula is C27H44N6O4. The molecule has 1 aliphatic carbocycles. The van der Waals surface area contributed by atoms with Crippen LogP contribution in [-0.2, 0) is 23.1 Å². The average Bonchev–Trinajstić information content (AvgIpc) is 3.57. The number of terminal acetylenes is 1. The van der Waals surface area contributed by atoms with Crippen LogP contribution in [0.3, 0.4) is 0 Å². The molecule has 3 rings (SSSR count). The average molecular weight is 517 g/mol. The Morgan fingerprint density at radius 3 is 2.76 bits per heavy atom. The summed E-state index contributed by atoms with van der Waals surface area (Å²) < 4.78 is 12.9. The fourth-order valence-corrected chi connectivity index (χ4v) is 5.03. The van der Waals surface area contributed by atoms with Crippen molar-refractivity contribution in [2.75, 3.05) is 6.61 Å². The standard InChI is InChI=1S/C27H44N6O4/c1-5-6-7-8-9-10-11-14-36-18-21-16-24(33(4)32-21)26(34)29-25-17-23(30-31-25)20-12-13-22(15-20)37-27(35)28-19(2)3/h1,16,19-20,22-23,25,30-31H,6-15,17-18H2,2-4H3,(H,28,35)(H,29,34)/t20-,22+,23?,25?/m1/s1. The molecule has 2 amide bonds. The van der Waals surface area contributed by atoms with Crippen LogP contribution < -0.4 is 21.5 Å². The first-order valence-corrected chi connectivity index (χ1v) is 13.7. The summed E-state index contributed by atoms with van der Waals surface area (Å²) in [5, 5.41) is 10.3. The van der Waals surface area contributed by atoms with E-state index in [9.17, 15) is 9.59 Å². The van der Waals surface area contributed by atoms with E-state index in [1.54, 1.807) is 17.8 Å². The number of amides is 2. The quantitative estimate of drug-likeness (QED) is 0.222. The Hall–Kier alpha value is -2.61. The van der Waals surface area contributed by atoms with Crippen molar-refractivity contribution in [2.24, 2.45) is 13.0 Å². The highest BCUT2D eigenvalue weighted by molar-refractivity contribution is 5.92. The molecule has 0 radical (unpaired) electrons. The molecule has 4 atom stereocenters. The summed E-state index contributed by atoms with van der Waals surface area (Å²) in [6.07, 6.45) is 14.5. The van der Waals surface area contributed by atoms with Crippen LogP contribution in [0.1, 0.15) is 94.2 Å². The van der Waals surface area contributed by atoms with E-state index < -0.39 is 0 Å². The maximum Gasteiger partial charge on any atom is 0.407 e. The van der Waals surface area contributed by atoms with Gasteiger partial charge >= 0.3 is 6.09 Å². The summed E-state index contributed by atoms with van der Waals surface area (Å²) in [7, 11) is 1.77. The van der Waals surface area contributed by atoms with Gasteiger partial charge in [-0.05, 0) is 64.4 Å². The third kappa shape index (κ3) is 9.65. The zero-order chi connectivity index (χ0) is 26.6. The summed E-state index contributed by atoms with van der Waals surface area (Å²) in [6, 6.07) is 2.05. The van der Waals surface area contributed by atoms with Crippen molar-refractivity contribution < 1.29 is 19.1 Å². The zero-order valence-corrected chi connectivity index (χ0v) is 22.6. The maximum atomic E-state index is 12.9. The first kappa shape index (κ1) is 29.0. The molecule has 2 heterocycles. The summed E-state index contributed by atoms with van der Waals surface area (Å²) in [6.45, 7) is 4.90. The van der Waals surface area contributed by atoms with Crippen molar-refractivity contribution in [2.45, 2.75) is 109 Å². The van der Waals surface area contributed by atoms with Gasteiger partial charge in [0.15, 0.2) is 0 Å². The van der Waals surface area contributed by atoms with Crippen molar-refractivity contribution in [1.29, 1.82) is 0 Å². The fourth-order valence-electron chi connectivity index (χ4n) is 5.03. The molecule has 0 aromatic carbocycles. The molecule has 2 unspecified atom stereocenters. The monoisotopic (exact) mass is 516 g/mol. The van der Waals surface area contributed by atoms with Gasteiger partial charge in [0.05, 0.1) is 18.5 Å². The second-order valence-corrected chi connectivity index (χ2v) is 10.5. The number of aryl methyl sites for hydroxylation is 1. The van der Waals surface area contributed by atoms with Crippen molar-refractivity contribution in [1.82, 2.24) is 31.3 Å². The number of hydrogen-bond acceptors (Lipinski definition) is 7. The van der Waals surface area contributed by atoms with E-state index in [1.165, 1.54) is 12.8 Å². The van der Waals surface area contributed by atoms with Crippen LogP contribution in [0.5, 0.6) is 0 Å². The second-order valence-electron chi connectivity index (χ2n) is 10.5. The zero-order valence-electron chi connectivity index (χ0n) is 22.6. The second kappa shape index (κ2) is 15.0. The molecule has 1 aromatic heterocycles. The Balaban J connectivity index is 1.34. The minimum Gasteiger partial charge on any atom is -0.446 e. The third-order valence-corrected chi connectivity index (χ3v) is 6.94. The van der Waals surface area contributed by atoms with Crippen molar-refractivity contribution >= 4 is 12.0 Å². The van der Waals surface area contributed by atoms with Crippen molar-refractivity contribution in [3.05, 3.63) is 17.5 Å². The van der Waals surface area contributed by atoms with E-state index in [1.807, 2.05) is 13.8 Å². The number of aromatic nitrogens is 2. The Morgan fingerprint density at radius 1 is 1.19 bits per heavy atom. The smallest absolute Gasteiger partial charge is 0.407 e. The van der Waals surface area contributed by atoms with Crippen LogP contribution in [0.2, 0.25) is 0 Å². The number of alkyl carbamates (subject to hydrolysis) is 1. The number of hydrogen-bond donors (Lipinski definition) is 4. The van der Waals surface area contributed by atoms with Gasteiger partial charge < -0.3 is 20.1 Å². The Kier molecular flexibility index (Phi) is 11.7. The number of hydrazine groups is 1. The van der Waals surface area contributed by atoms with Gasteiger partial charge in [0.1, 0.15) is 11.8 Å². The lowest BCUT2D eigenvalue weighted by Crippen LogP contribution is -2.45. The molecule has 10 nitrogen and oxygen atoms in total. The molecule has 1 aromatic rings. The molecular weight excluding hydrogens is 472 g/mol. The first-order valence-electron chi connectivity index (χ1n) is 13.7. The largest absolute Gasteiger partial charge is 0.446 e. The van der Waals surface area contributed by atoms with Crippen LogP contribution in [0, 0.1) is 18.3 Å². The third-order valence-electron chi connectivity index (χ3n) is 6.94. The number of nitrogens with zero attached hydrogens (tertiary/aromatic N) is 2. The fraction of sp³-hybridized carbons (Fsp3) is 0.741. The van der Waals surface area contributed by atoms with E-state index >= 15 is 0 Å². The maximum absolute atomic E-state index is 12.9. The van der Waals surface area contributed by atoms with Gasteiger partial charge in [-0.3, -0.25) is 14.9 Å². The highest BCUT2D eigenvalue weighted by atomic mass is 16.6. The van der Waals surface area contributed by atoms with Gasteiger partial charge in [0.25, 0.3) is 5.91 Å². The minimum atomic E-state index is -0.351. The van der Waals surface area contributed by atoms with Gasteiger partial charge in [-0.15, -0.1) is 12.3 Å². The van der Waals surface area contributed by atoms with E-state index in [-0.39, 0.29) is 36.4 Å². The molecule has 2 fully saturated rings. The van der Waals surface area contributed by atoms with Gasteiger partial charge in [-0.1, -0.05) is 19.3 Å². The lowest BCUT2D eigenvalue weighted by atomic mass is 9.96. The number of unbranched alkanes of at least 4 members (excludes halogenated alkanes) is 5. The molecule has 1 saturated carbocycles. The van der Waals surface area contributed by atoms with Crippen molar-refractivity contribution in [3.63, 3.8) is 0 Å². The Bertz CT molecular complexity index is 911. The number of ether oxygens (including phenoxy) is 2. The van der Waals surface area contributed by atoms with Crippen LogP contribution in [0.15, 0.2) is 6.07 Å². The Morgan fingerprint density at radius 2 is 1.97 bits per heavy atom. The molecule has 1 saturated heterocycles. The lowest BCUT2D eigenvalue weighted by Gasteiger charge is -2.18. The van der Waals surface area contributed by atoms with E-state index in [0.717, 1.165) is 57.1 Å². The van der Waals surface area contributed by atoms with E-state index in [0.29, 0.717) is 24.8 Å². The Labute approximate surface area is 221 Å².